The van der Waals surface area contributed by atoms with Crippen LogP contribution >= 0.6 is 23.7 Å². The van der Waals surface area contributed by atoms with Gasteiger partial charge in [0, 0.05) is 23.0 Å². The Kier molecular flexibility index (Phi) is 7.81. The molecule has 148 valence electrons. The summed E-state index contributed by atoms with van der Waals surface area (Å²) < 4.78 is 27.3. The predicted molar refractivity (Wildman–Crippen MR) is 110 cm³/mol. The molecule has 1 aliphatic rings. The van der Waals surface area contributed by atoms with Gasteiger partial charge in [0.05, 0.1) is 4.90 Å². The largest absolute Gasteiger partial charge is 0.349 e. The molecule has 1 heterocycles. The normalized spacial score (nSPS) is 19.4. The maximum absolute atomic E-state index is 12.4. The molecule has 2 aromatic rings. The molecule has 0 saturated heterocycles. The van der Waals surface area contributed by atoms with Crippen LogP contribution in [0.5, 0.6) is 0 Å². The number of amides is 1. The van der Waals surface area contributed by atoms with Crippen molar-refractivity contribution in [3.8, 4) is 0 Å². The Morgan fingerprint density at radius 2 is 1.93 bits per heavy atom. The molecule has 1 amide bonds. The number of halogens is 1. The van der Waals surface area contributed by atoms with Crippen LogP contribution in [0.3, 0.4) is 0 Å². The number of nitrogens with two attached hydrogens (primary N) is 1. The summed E-state index contributed by atoms with van der Waals surface area (Å²) in [5.74, 6) is 0.130. The third-order valence-electron chi connectivity index (χ3n) is 4.72. The van der Waals surface area contributed by atoms with Gasteiger partial charge in [0.2, 0.25) is 10.0 Å². The minimum Gasteiger partial charge on any atom is -0.349 e. The summed E-state index contributed by atoms with van der Waals surface area (Å²) in [6, 6.07) is 9.85. The van der Waals surface area contributed by atoms with E-state index in [0.29, 0.717) is 18.0 Å². The highest BCUT2D eigenvalue weighted by Crippen LogP contribution is 2.25. The molecule has 1 fully saturated rings. The number of thiophene rings is 1. The van der Waals surface area contributed by atoms with Crippen molar-refractivity contribution in [2.24, 2.45) is 11.7 Å². The van der Waals surface area contributed by atoms with Gasteiger partial charge in [-0.2, -0.15) is 0 Å². The predicted octanol–water partition coefficient (Wildman–Crippen LogP) is 2.51. The highest BCUT2D eigenvalue weighted by molar-refractivity contribution is 7.89. The molecule has 1 saturated carbocycles. The van der Waals surface area contributed by atoms with E-state index in [-0.39, 0.29) is 35.8 Å². The van der Waals surface area contributed by atoms with E-state index in [9.17, 15) is 13.2 Å². The van der Waals surface area contributed by atoms with Crippen molar-refractivity contribution in [1.29, 1.82) is 0 Å². The Morgan fingerprint density at radius 1 is 1.19 bits per heavy atom. The van der Waals surface area contributed by atoms with Crippen molar-refractivity contribution in [3.63, 3.8) is 0 Å². The average molecular weight is 430 g/mol. The van der Waals surface area contributed by atoms with Crippen LogP contribution in [-0.2, 0) is 16.6 Å². The number of nitrogens with one attached hydrogen (secondary N) is 2. The fraction of sp³-hybridized carbons (Fsp3) is 0.389. The van der Waals surface area contributed by atoms with E-state index in [2.05, 4.69) is 10.0 Å². The van der Waals surface area contributed by atoms with Gasteiger partial charge in [-0.05, 0) is 61.0 Å². The second-order valence-electron chi connectivity index (χ2n) is 6.43. The molecule has 9 heteroatoms. The quantitative estimate of drug-likeness (QED) is 0.629. The van der Waals surface area contributed by atoms with Gasteiger partial charge in [0.15, 0.2) is 0 Å². The molecule has 2 unspecified atom stereocenters. The lowest BCUT2D eigenvalue weighted by Crippen LogP contribution is -2.39. The van der Waals surface area contributed by atoms with Crippen LogP contribution in [0.4, 0.5) is 0 Å². The monoisotopic (exact) mass is 429 g/mol. The lowest BCUT2D eigenvalue weighted by atomic mass is 10.0. The summed E-state index contributed by atoms with van der Waals surface area (Å²) in [4.78, 5) is 13.5. The van der Waals surface area contributed by atoms with Gasteiger partial charge < -0.3 is 11.1 Å². The zero-order chi connectivity index (χ0) is 18.6. The molecule has 1 aliphatic carbocycles. The second-order valence-corrected chi connectivity index (χ2v) is 9.23. The van der Waals surface area contributed by atoms with E-state index in [4.69, 9.17) is 5.73 Å². The van der Waals surface area contributed by atoms with Crippen LogP contribution in [0.2, 0.25) is 0 Å². The highest BCUT2D eigenvalue weighted by Gasteiger charge is 2.27. The minimum absolute atomic E-state index is 0. The smallest absolute Gasteiger partial charge is 0.251 e. The first kappa shape index (κ1) is 21.8. The summed E-state index contributed by atoms with van der Waals surface area (Å²) in [5.41, 5.74) is 6.19. The van der Waals surface area contributed by atoms with Crippen molar-refractivity contribution < 1.29 is 13.2 Å². The van der Waals surface area contributed by atoms with Crippen LogP contribution in [0.25, 0.3) is 0 Å². The fourth-order valence-electron chi connectivity index (χ4n) is 3.21. The fourth-order valence-corrected chi connectivity index (χ4v) is 4.95. The molecule has 0 spiro atoms. The van der Waals surface area contributed by atoms with Gasteiger partial charge in [-0.3, -0.25) is 4.79 Å². The van der Waals surface area contributed by atoms with E-state index >= 15 is 0 Å². The average Bonchev–Trinajstić information content (AvgIpc) is 3.31. The molecule has 27 heavy (non-hydrogen) atoms. The third kappa shape index (κ3) is 5.52. The van der Waals surface area contributed by atoms with Gasteiger partial charge in [0.25, 0.3) is 5.91 Å². The number of rotatable bonds is 7. The molecule has 0 aliphatic heterocycles. The lowest BCUT2D eigenvalue weighted by molar-refractivity contribution is 0.0928. The first-order valence-corrected chi connectivity index (χ1v) is 11.0. The molecule has 4 N–H and O–H groups in total. The number of carbonyl (C=O) groups is 1. The number of benzene rings is 1. The number of hydrogen-bond acceptors (Lipinski definition) is 5. The van der Waals surface area contributed by atoms with Crippen molar-refractivity contribution in [3.05, 3.63) is 52.2 Å². The van der Waals surface area contributed by atoms with Crippen molar-refractivity contribution in [2.75, 3.05) is 6.54 Å². The Labute approximate surface area is 170 Å². The lowest BCUT2D eigenvalue weighted by Gasteiger charge is -2.19. The van der Waals surface area contributed by atoms with Gasteiger partial charge in [0.1, 0.15) is 0 Å². The number of sulfonamides is 1. The Hall–Kier alpha value is -1.45. The van der Waals surface area contributed by atoms with Gasteiger partial charge in [-0.1, -0.05) is 12.5 Å². The molecular formula is C18H24ClN3O3S2. The van der Waals surface area contributed by atoms with Crippen LogP contribution in [0.15, 0.2) is 46.7 Å². The standard InChI is InChI=1S/C18H23N3O3S2.ClH/c19-11-14-3-1-5-17(14)21-18(22)13-6-8-16(9-7-13)26(23,24)20-12-15-4-2-10-25-15;/h2,4,6-10,14,17,20H,1,3,5,11-12,19H2,(H,21,22);1H. The number of hydrogen-bond donors (Lipinski definition) is 3. The molecule has 0 bridgehead atoms. The topological polar surface area (TPSA) is 101 Å². The van der Waals surface area contributed by atoms with Gasteiger partial charge in [-0.25, -0.2) is 13.1 Å². The second kappa shape index (κ2) is 9.66. The summed E-state index contributed by atoms with van der Waals surface area (Å²) in [7, 11) is -3.61. The Morgan fingerprint density at radius 3 is 2.56 bits per heavy atom. The summed E-state index contributed by atoms with van der Waals surface area (Å²) >= 11 is 1.49. The maximum Gasteiger partial charge on any atom is 0.251 e. The molecular weight excluding hydrogens is 406 g/mol. The van der Waals surface area contributed by atoms with Crippen molar-refractivity contribution in [2.45, 2.75) is 36.7 Å². The van der Waals surface area contributed by atoms with E-state index in [0.717, 1.165) is 24.1 Å². The van der Waals surface area contributed by atoms with E-state index in [1.165, 1.54) is 23.5 Å². The maximum atomic E-state index is 12.4. The van der Waals surface area contributed by atoms with E-state index < -0.39 is 10.0 Å². The molecule has 1 aromatic carbocycles. The number of carbonyl (C=O) groups excluding carboxylic acids is 1. The van der Waals surface area contributed by atoms with Crippen LogP contribution in [-0.4, -0.2) is 26.9 Å². The van der Waals surface area contributed by atoms with Crippen LogP contribution < -0.4 is 15.8 Å². The van der Waals surface area contributed by atoms with Crippen LogP contribution in [0.1, 0.15) is 34.5 Å². The van der Waals surface area contributed by atoms with Crippen molar-refractivity contribution >= 4 is 39.7 Å². The van der Waals surface area contributed by atoms with Crippen LogP contribution in [0, 0.1) is 5.92 Å². The SMILES string of the molecule is Cl.NCC1CCCC1NC(=O)c1ccc(S(=O)(=O)NCc2cccs2)cc1. The third-order valence-corrected chi connectivity index (χ3v) is 7.02. The summed E-state index contributed by atoms with van der Waals surface area (Å²) in [6.45, 7) is 0.822. The van der Waals surface area contributed by atoms with Gasteiger partial charge in [-0.15, -0.1) is 23.7 Å². The first-order chi connectivity index (χ1) is 12.5. The molecule has 1 aromatic heterocycles. The van der Waals surface area contributed by atoms with E-state index in [1.807, 2.05) is 17.5 Å². The molecule has 2 atom stereocenters. The molecule has 6 nitrogen and oxygen atoms in total. The zero-order valence-corrected chi connectivity index (χ0v) is 17.2. The molecule has 0 radical (unpaired) electrons. The first-order valence-electron chi connectivity index (χ1n) is 8.62. The van der Waals surface area contributed by atoms with Gasteiger partial charge >= 0.3 is 0 Å². The Bertz CT molecular complexity index is 839. The Balaban J connectivity index is 0.00000261. The summed E-state index contributed by atoms with van der Waals surface area (Å²) in [5, 5.41) is 4.91. The summed E-state index contributed by atoms with van der Waals surface area (Å²) in [6.07, 6.45) is 3.04. The van der Waals surface area contributed by atoms with Crippen molar-refractivity contribution in [1.82, 2.24) is 10.0 Å². The van der Waals surface area contributed by atoms with E-state index in [1.54, 1.807) is 12.1 Å². The highest BCUT2D eigenvalue weighted by atomic mass is 35.5. The minimum atomic E-state index is -3.61. The zero-order valence-electron chi connectivity index (χ0n) is 14.8. The molecule has 3 rings (SSSR count).